The van der Waals surface area contributed by atoms with Gasteiger partial charge in [-0.1, -0.05) is 55.8 Å². The molecule has 0 saturated carbocycles. The van der Waals surface area contributed by atoms with Crippen LogP contribution < -0.4 is 5.32 Å². The van der Waals surface area contributed by atoms with E-state index in [9.17, 15) is 5.11 Å². The van der Waals surface area contributed by atoms with Crippen LogP contribution in [0.15, 0.2) is 54.6 Å². The molecule has 0 fully saturated rings. The van der Waals surface area contributed by atoms with E-state index in [1.165, 1.54) is 5.56 Å². The average Bonchev–Trinajstić information content (AvgIpc) is 2.49. The molecule has 0 radical (unpaired) electrons. The van der Waals surface area contributed by atoms with Gasteiger partial charge in [0, 0.05) is 12.2 Å². The lowest BCUT2D eigenvalue weighted by molar-refractivity contribution is 0.166. The summed E-state index contributed by atoms with van der Waals surface area (Å²) in [6, 6.07) is 18.5. The maximum Gasteiger partial charge on any atom is 0.0790 e. The molecule has 2 N–H and O–H groups in total. The van der Waals surface area contributed by atoms with Gasteiger partial charge in [0.2, 0.25) is 0 Å². The molecule has 0 heterocycles. The zero-order valence-corrected chi connectivity index (χ0v) is 12.0. The minimum Gasteiger partial charge on any atom is -0.388 e. The molecule has 0 saturated heterocycles. The summed E-state index contributed by atoms with van der Waals surface area (Å²) in [5, 5.41) is 13.4. The third-order valence-corrected chi connectivity index (χ3v) is 3.42. The molecule has 0 aliphatic carbocycles. The van der Waals surface area contributed by atoms with E-state index in [4.69, 9.17) is 0 Å². The quantitative estimate of drug-likeness (QED) is 0.790. The van der Waals surface area contributed by atoms with Crippen LogP contribution >= 0.6 is 0 Å². The first kappa shape index (κ1) is 14.6. The SMILES string of the molecule is CCCC(O)c1cccc(NCCc2ccccc2)c1. The van der Waals surface area contributed by atoms with Crippen molar-refractivity contribution in [2.45, 2.75) is 32.3 Å². The van der Waals surface area contributed by atoms with Gasteiger partial charge in [0.25, 0.3) is 0 Å². The van der Waals surface area contributed by atoms with Crippen molar-refractivity contribution in [3.63, 3.8) is 0 Å². The normalized spacial score (nSPS) is 12.1. The van der Waals surface area contributed by atoms with Crippen molar-refractivity contribution in [2.75, 3.05) is 11.9 Å². The lowest BCUT2D eigenvalue weighted by Crippen LogP contribution is -2.05. The third kappa shape index (κ3) is 4.39. The fourth-order valence-corrected chi connectivity index (χ4v) is 2.29. The van der Waals surface area contributed by atoms with Crippen LogP contribution in [0.2, 0.25) is 0 Å². The topological polar surface area (TPSA) is 32.3 Å². The summed E-state index contributed by atoms with van der Waals surface area (Å²) in [6.45, 7) is 2.99. The summed E-state index contributed by atoms with van der Waals surface area (Å²) >= 11 is 0. The molecule has 0 aromatic heterocycles. The van der Waals surface area contributed by atoms with Gasteiger partial charge in [-0.25, -0.2) is 0 Å². The zero-order valence-electron chi connectivity index (χ0n) is 12.0. The number of nitrogens with one attached hydrogen (secondary N) is 1. The van der Waals surface area contributed by atoms with Gasteiger partial charge in [0.05, 0.1) is 6.10 Å². The highest BCUT2D eigenvalue weighted by molar-refractivity contribution is 5.46. The molecule has 2 aromatic rings. The van der Waals surface area contributed by atoms with E-state index in [1.54, 1.807) is 0 Å². The minimum absolute atomic E-state index is 0.351. The van der Waals surface area contributed by atoms with Gasteiger partial charge in [-0.2, -0.15) is 0 Å². The van der Waals surface area contributed by atoms with Crippen LogP contribution in [0.1, 0.15) is 37.0 Å². The predicted molar refractivity (Wildman–Crippen MR) is 84.9 cm³/mol. The lowest BCUT2D eigenvalue weighted by Gasteiger charge is -2.12. The molecule has 2 rings (SSSR count). The number of aliphatic hydroxyl groups excluding tert-OH is 1. The minimum atomic E-state index is -0.351. The highest BCUT2D eigenvalue weighted by Crippen LogP contribution is 2.21. The first-order valence-corrected chi connectivity index (χ1v) is 7.35. The molecule has 0 spiro atoms. The second-order valence-corrected chi connectivity index (χ2v) is 5.09. The van der Waals surface area contributed by atoms with Gasteiger partial charge in [0.1, 0.15) is 0 Å². The summed E-state index contributed by atoms with van der Waals surface area (Å²) < 4.78 is 0. The van der Waals surface area contributed by atoms with Crippen molar-refractivity contribution in [1.82, 2.24) is 0 Å². The second-order valence-electron chi connectivity index (χ2n) is 5.09. The number of hydrogen-bond donors (Lipinski definition) is 2. The summed E-state index contributed by atoms with van der Waals surface area (Å²) in [4.78, 5) is 0. The maximum atomic E-state index is 10.0. The van der Waals surface area contributed by atoms with Crippen LogP contribution in [0.4, 0.5) is 5.69 Å². The van der Waals surface area contributed by atoms with Crippen molar-refractivity contribution in [3.05, 3.63) is 65.7 Å². The second kappa shape index (κ2) is 7.71. The first-order chi connectivity index (χ1) is 9.79. The Balaban J connectivity index is 1.88. The molecular weight excluding hydrogens is 246 g/mol. The predicted octanol–water partition coefficient (Wildman–Crippen LogP) is 4.17. The maximum absolute atomic E-state index is 10.0. The zero-order chi connectivity index (χ0) is 14.2. The fraction of sp³-hybridized carbons (Fsp3) is 0.333. The van der Waals surface area contributed by atoms with Gasteiger partial charge < -0.3 is 10.4 Å². The first-order valence-electron chi connectivity index (χ1n) is 7.35. The Morgan fingerprint density at radius 2 is 1.85 bits per heavy atom. The summed E-state index contributed by atoms with van der Waals surface area (Å²) in [5.74, 6) is 0. The Kier molecular flexibility index (Phi) is 5.63. The molecule has 1 unspecified atom stereocenters. The largest absolute Gasteiger partial charge is 0.388 e. The number of aliphatic hydroxyl groups is 1. The number of rotatable bonds is 7. The molecule has 2 nitrogen and oxygen atoms in total. The van der Waals surface area contributed by atoms with Crippen molar-refractivity contribution in [1.29, 1.82) is 0 Å². The molecule has 1 atom stereocenters. The van der Waals surface area contributed by atoms with Gasteiger partial charge >= 0.3 is 0 Å². The highest BCUT2D eigenvalue weighted by Gasteiger charge is 2.06. The Morgan fingerprint density at radius 3 is 2.60 bits per heavy atom. The lowest BCUT2D eigenvalue weighted by atomic mass is 10.0. The fourth-order valence-electron chi connectivity index (χ4n) is 2.29. The van der Waals surface area contributed by atoms with Crippen LogP contribution in [0.5, 0.6) is 0 Å². The van der Waals surface area contributed by atoms with E-state index in [2.05, 4.69) is 36.5 Å². The van der Waals surface area contributed by atoms with Gasteiger partial charge in [-0.15, -0.1) is 0 Å². The van der Waals surface area contributed by atoms with E-state index in [0.717, 1.165) is 37.1 Å². The van der Waals surface area contributed by atoms with Crippen LogP contribution in [-0.2, 0) is 6.42 Å². The summed E-state index contributed by atoms with van der Waals surface area (Å²) in [6.07, 6.45) is 2.46. The van der Waals surface area contributed by atoms with Crippen LogP contribution in [0.25, 0.3) is 0 Å². The van der Waals surface area contributed by atoms with Gasteiger partial charge in [-0.3, -0.25) is 0 Å². The molecule has 0 aliphatic heterocycles. The molecule has 2 heteroatoms. The van der Waals surface area contributed by atoms with E-state index < -0.39 is 0 Å². The van der Waals surface area contributed by atoms with Gasteiger partial charge in [0.15, 0.2) is 0 Å². The molecule has 0 aliphatic rings. The highest BCUT2D eigenvalue weighted by atomic mass is 16.3. The number of benzene rings is 2. The van der Waals surface area contributed by atoms with Crippen LogP contribution in [0.3, 0.4) is 0 Å². The Bertz CT molecular complexity index is 510. The third-order valence-electron chi connectivity index (χ3n) is 3.42. The van der Waals surface area contributed by atoms with E-state index >= 15 is 0 Å². The molecule has 0 bridgehead atoms. The number of hydrogen-bond acceptors (Lipinski definition) is 2. The summed E-state index contributed by atoms with van der Waals surface area (Å²) in [5.41, 5.74) is 3.41. The Hall–Kier alpha value is -1.80. The standard InChI is InChI=1S/C18H23NO/c1-2-7-18(20)16-10-6-11-17(14-16)19-13-12-15-8-4-3-5-9-15/h3-6,8-11,14,18-20H,2,7,12-13H2,1H3. The number of anilines is 1. The Labute approximate surface area is 121 Å². The molecule has 106 valence electrons. The molecule has 0 amide bonds. The Morgan fingerprint density at radius 1 is 1.05 bits per heavy atom. The summed E-state index contributed by atoms with van der Waals surface area (Å²) in [7, 11) is 0. The van der Waals surface area contributed by atoms with Crippen LogP contribution in [-0.4, -0.2) is 11.7 Å². The van der Waals surface area contributed by atoms with Crippen molar-refractivity contribution >= 4 is 5.69 Å². The van der Waals surface area contributed by atoms with Crippen molar-refractivity contribution < 1.29 is 5.11 Å². The molecular formula is C18H23NO. The average molecular weight is 269 g/mol. The van der Waals surface area contributed by atoms with E-state index in [1.807, 2.05) is 30.3 Å². The smallest absolute Gasteiger partial charge is 0.0790 e. The van der Waals surface area contributed by atoms with Crippen molar-refractivity contribution in [3.8, 4) is 0 Å². The van der Waals surface area contributed by atoms with E-state index in [-0.39, 0.29) is 6.10 Å². The van der Waals surface area contributed by atoms with Gasteiger partial charge in [-0.05, 0) is 36.1 Å². The van der Waals surface area contributed by atoms with Crippen LogP contribution in [0, 0.1) is 0 Å². The van der Waals surface area contributed by atoms with E-state index in [0.29, 0.717) is 0 Å². The van der Waals surface area contributed by atoms with Crippen molar-refractivity contribution in [2.24, 2.45) is 0 Å². The molecule has 2 aromatic carbocycles. The molecule has 20 heavy (non-hydrogen) atoms. The monoisotopic (exact) mass is 269 g/mol.